The predicted octanol–water partition coefficient (Wildman–Crippen LogP) is 4.13. The molecule has 0 aliphatic carbocycles. The van der Waals surface area contributed by atoms with Crippen LogP contribution in [0.1, 0.15) is 17.0 Å². The van der Waals surface area contributed by atoms with Gasteiger partial charge < -0.3 is 9.88 Å². The minimum atomic E-state index is -0.229. The first-order valence-electron chi connectivity index (χ1n) is 9.69. The van der Waals surface area contributed by atoms with Crippen molar-refractivity contribution in [3.05, 3.63) is 102 Å². The molecule has 146 valence electrons. The Hall–Kier alpha value is -3.47. The van der Waals surface area contributed by atoms with E-state index in [0.717, 1.165) is 22.4 Å². The van der Waals surface area contributed by atoms with Crippen LogP contribution in [0.2, 0.25) is 0 Å². The van der Waals surface area contributed by atoms with E-state index in [2.05, 4.69) is 5.32 Å². The highest BCUT2D eigenvalue weighted by Crippen LogP contribution is 2.19. The SMILES string of the molecule is O=C(Cc1ccccc1)NCCc1nc2ccccc2n1Cc1ccccc1F. The van der Waals surface area contributed by atoms with E-state index < -0.39 is 0 Å². The van der Waals surface area contributed by atoms with Crippen LogP contribution >= 0.6 is 0 Å². The number of nitrogens with one attached hydrogen (secondary N) is 1. The predicted molar refractivity (Wildman–Crippen MR) is 112 cm³/mol. The molecular formula is C24H22FN3O. The molecule has 4 nitrogen and oxygen atoms in total. The van der Waals surface area contributed by atoms with Crippen LogP contribution in [0.5, 0.6) is 0 Å². The molecule has 0 bridgehead atoms. The second-order valence-electron chi connectivity index (χ2n) is 6.96. The Bertz CT molecular complexity index is 1120. The van der Waals surface area contributed by atoms with Gasteiger partial charge in [0.25, 0.3) is 0 Å². The maximum absolute atomic E-state index is 14.2. The summed E-state index contributed by atoms with van der Waals surface area (Å²) in [7, 11) is 0. The van der Waals surface area contributed by atoms with E-state index in [1.54, 1.807) is 12.1 Å². The first kappa shape index (κ1) is 18.9. The van der Waals surface area contributed by atoms with Crippen molar-refractivity contribution < 1.29 is 9.18 Å². The van der Waals surface area contributed by atoms with Gasteiger partial charge >= 0.3 is 0 Å². The second kappa shape index (κ2) is 8.69. The van der Waals surface area contributed by atoms with Crippen molar-refractivity contribution >= 4 is 16.9 Å². The molecule has 4 rings (SSSR count). The molecule has 1 N–H and O–H groups in total. The Kier molecular flexibility index (Phi) is 5.66. The van der Waals surface area contributed by atoms with Crippen molar-refractivity contribution in [3.8, 4) is 0 Å². The number of fused-ring (bicyclic) bond motifs is 1. The van der Waals surface area contributed by atoms with E-state index in [1.165, 1.54) is 6.07 Å². The molecule has 0 aliphatic heterocycles. The monoisotopic (exact) mass is 387 g/mol. The third-order valence-electron chi connectivity index (χ3n) is 4.90. The van der Waals surface area contributed by atoms with Gasteiger partial charge in [0.05, 0.1) is 24.0 Å². The summed E-state index contributed by atoms with van der Waals surface area (Å²) in [4.78, 5) is 16.9. The first-order chi connectivity index (χ1) is 14.2. The lowest BCUT2D eigenvalue weighted by atomic mass is 10.1. The first-order valence-corrected chi connectivity index (χ1v) is 9.69. The summed E-state index contributed by atoms with van der Waals surface area (Å²) in [6.07, 6.45) is 0.927. The Morgan fingerprint density at radius 3 is 2.48 bits per heavy atom. The number of carbonyl (C=O) groups excluding carboxylic acids is 1. The molecule has 1 heterocycles. The summed E-state index contributed by atoms with van der Waals surface area (Å²) < 4.78 is 16.2. The number of hydrogen-bond acceptors (Lipinski definition) is 2. The Morgan fingerprint density at radius 2 is 1.66 bits per heavy atom. The van der Waals surface area contributed by atoms with Crippen molar-refractivity contribution in [3.63, 3.8) is 0 Å². The average molecular weight is 387 g/mol. The van der Waals surface area contributed by atoms with E-state index >= 15 is 0 Å². The van der Waals surface area contributed by atoms with E-state index in [4.69, 9.17) is 4.98 Å². The van der Waals surface area contributed by atoms with Crippen LogP contribution in [-0.2, 0) is 24.2 Å². The quantitative estimate of drug-likeness (QED) is 0.518. The number of carbonyl (C=O) groups is 1. The largest absolute Gasteiger partial charge is 0.355 e. The second-order valence-corrected chi connectivity index (χ2v) is 6.96. The van der Waals surface area contributed by atoms with E-state index in [1.807, 2.05) is 65.2 Å². The molecule has 0 aliphatic rings. The third kappa shape index (κ3) is 4.51. The standard InChI is InChI=1S/C24H22FN3O/c25-20-11-5-4-10-19(20)17-28-22-13-7-6-12-21(22)27-23(28)14-15-26-24(29)16-18-8-2-1-3-9-18/h1-13H,14-17H2,(H,26,29). The highest BCUT2D eigenvalue weighted by atomic mass is 19.1. The Labute approximate surface area is 169 Å². The van der Waals surface area contributed by atoms with Crippen molar-refractivity contribution in [1.82, 2.24) is 14.9 Å². The van der Waals surface area contributed by atoms with Gasteiger partial charge in [-0.3, -0.25) is 4.79 Å². The Balaban J connectivity index is 1.48. The highest BCUT2D eigenvalue weighted by molar-refractivity contribution is 5.78. The number of hydrogen-bond donors (Lipinski definition) is 1. The fraction of sp³-hybridized carbons (Fsp3) is 0.167. The molecule has 0 spiro atoms. The van der Waals surface area contributed by atoms with Gasteiger partial charge in [-0.2, -0.15) is 0 Å². The molecule has 0 saturated carbocycles. The van der Waals surface area contributed by atoms with Gasteiger partial charge in [-0.05, 0) is 23.8 Å². The van der Waals surface area contributed by atoms with Crippen LogP contribution in [0.15, 0.2) is 78.9 Å². The van der Waals surface area contributed by atoms with Gasteiger partial charge in [0.2, 0.25) is 5.91 Å². The minimum absolute atomic E-state index is 0.0204. The van der Waals surface area contributed by atoms with Gasteiger partial charge in [0.15, 0.2) is 0 Å². The molecule has 3 aromatic carbocycles. The fourth-order valence-electron chi connectivity index (χ4n) is 3.45. The zero-order valence-electron chi connectivity index (χ0n) is 16.0. The van der Waals surface area contributed by atoms with Gasteiger partial charge in [-0.15, -0.1) is 0 Å². The topological polar surface area (TPSA) is 46.9 Å². The smallest absolute Gasteiger partial charge is 0.224 e. The number of para-hydroxylation sites is 2. The molecule has 0 saturated heterocycles. The van der Waals surface area contributed by atoms with Gasteiger partial charge in [-0.25, -0.2) is 9.37 Å². The number of imidazole rings is 1. The van der Waals surface area contributed by atoms with Crippen LogP contribution < -0.4 is 5.32 Å². The Morgan fingerprint density at radius 1 is 0.931 bits per heavy atom. The number of aromatic nitrogens is 2. The molecule has 1 aromatic heterocycles. The highest BCUT2D eigenvalue weighted by Gasteiger charge is 2.13. The lowest BCUT2D eigenvalue weighted by Gasteiger charge is -2.11. The summed E-state index contributed by atoms with van der Waals surface area (Å²) >= 11 is 0. The summed E-state index contributed by atoms with van der Waals surface area (Å²) in [5, 5.41) is 2.96. The van der Waals surface area contributed by atoms with E-state index in [9.17, 15) is 9.18 Å². The summed E-state index contributed by atoms with van der Waals surface area (Å²) in [5.74, 6) is 0.579. The van der Waals surface area contributed by atoms with Gasteiger partial charge in [0.1, 0.15) is 11.6 Å². The number of rotatable bonds is 7. The maximum atomic E-state index is 14.2. The number of amides is 1. The molecule has 5 heteroatoms. The molecule has 1 amide bonds. The summed E-state index contributed by atoms with van der Waals surface area (Å²) in [6.45, 7) is 0.882. The van der Waals surface area contributed by atoms with Crippen molar-refractivity contribution in [2.24, 2.45) is 0 Å². The molecule has 0 radical (unpaired) electrons. The minimum Gasteiger partial charge on any atom is -0.355 e. The van der Waals surface area contributed by atoms with Crippen LogP contribution in [0.25, 0.3) is 11.0 Å². The van der Waals surface area contributed by atoms with E-state index in [0.29, 0.717) is 31.5 Å². The van der Waals surface area contributed by atoms with Crippen LogP contribution in [0.4, 0.5) is 4.39 Å². The molecule has 0 fully saturated rings. The number of benzene rings is 3. The molecule has 4 aromatic rings. The van der Waals surface area contributed by atoms with Gasteiger partial charge in [0, 0.05) is 18.5 Å². The number of halogens is 1. The van der Waals surface area contributed by atoms with E-state index in [-0.39, 0.29) is 11.7 Å². The van der Waals surface area contributed by atoms with Crippen molar-refractivity contribution in [1.29, 1.82) is 0 Å². The maximum Gasteiger partial charge on any atom is 0.224 e. The molecule has 0 atom stereocenters. The molecule has 0 unspecified atom stereocenters. The van der Waals surface area contributed by atoms with Gasteiger partial charge in [-0.1, -0.05) is 60.7 Å². The summed E-state index contributed by atoms with van der Waals surface area (Å²) in [5.41, 5.74) is 3.43. The fourth-order valence-corrected chi connectivity index (χ4v) is 3.45. The van der Waals surface area contributed by atoms with Crippen LogP contribution in [0, 0.1) is 5.82 Å². The summed E-state index contributed by atoms with van der Waals surface area (Å²) in [6, 6.07) is 24.3. The van der Waals surface area contributed by atoms with Crippen molar-refractivity contribution in [2.75, 3.05) is 6.54 Å². The molecule has 29 heavy (non-hydrogen) atoms. The lowest BCUT2D eigenvalue weighted by molar-refractivity contribution is -0.120. The zero-order valence-corrected chi connectivity index (χ0v) is 16.0. The van der Waals surface area contributed by atoms with Crippen LogP contribution in [0.3, 0.4) is 0 Å². The normalized spacial score (nSPS) is 10.9. The van der Waals surface area contributed by atoms with Crippen LogP contribution in [-0.4, -0.2) is 22.0 Å². The number of nitrogens with zero attached hydrogens (tertiary/aromatic N) is 2. The average Bonchev–Trinajstić information content (AvgIpc) is 3.08. The lowest BCUT2D eigenvalue weighted by Crippen LogP contribution is -2.28. The third-order valence-corrected chi connectivity index (χ3v) is 4.90. The zero-order chi connectivity index (χ0) is 20.1. The molecular weight excluding hydrogens is 365 g/mol. The van der Waals surface area contributed by atoms with Crippen molar-refractivity contribution in [2.45, 2.75) is 19.4 Å².